The molecule has 1 radical (unpaired) electrons. The molecule has 17 heavy (non-hydrogen) atoms. The van der Waals surface area contributed by atoms with Gasteiger partial charge in [0.25, 0.3) is 0 Å². The van der Waals surface area contributed by atoms with Crippen LogP contribution in [-0.2, 0) is 21.9 Å². The SMILES string of the molecule is C[O-].C[O-].O=C(O)CCCC1CCCCC1.[Mn+2]. The Labute approximate surface area is 115 Å². The number of carbonyl (C=O) groups is 1. The maximum absolute atomic E-state index is 10.2. The second-order valence-electron chi connectivity index (χ2n) is 3.79. The zero-order chi connectivity index (χ0) is 12.8. The molecule has 1 aliphatic carbocycles. The fraction of sp³-hybridized carbons (Fsp3) is 0.917. The van der Waals surface area contributed by atoms with Crippen molar-refractivity contribution in [2.45, 2.75) is 51.4 Å². The van der Waals surface area contributed by atoms with Crippen LogP contribution in [0.1, 0.15) is 51.4 Å². The molecular formula is C12H24MnO4. The van der Waals surface area contributed by atoms with E-state index in [0.717, 1.165) is 33.0 Å². The zero-order valence-corrected chi connectivity index (χ0v) is 12.0. The molecule has 1 rings (SSSR count). The van der Waals surface area contributed by atoms with Gasteiger partial charge in [-0.15, -0.1) is 0 Å². The van der Waals surface area contributed by atoms with Gasteiger partial charge in [-0.3, -0.25) is 4.79 Å². The van der Waals surface area contributed by atoms with Gasteiger partial charge in [0, 0.05) is 6.42 Å². The Hall–Kier alpha value is -0.0905. The van der Waals surface area contributed by atoms with Crippen molar-refractivity contribution in [1.29, 1.82) is 0 Å². The van der Waals surface area contributed by atoms with E-state index in [1.54, 1.807) is 0 Å². The molecule has 1 aliphatic rings. The van der Waals surface area contributed by atoms with Gasteiger partial charge in [0.15, 0.2) is 0 Å². The molecule has 1 fully saturated rings. The summed E-state index contributed by atoms with van der Waals surface area (Å²) in [5.74, 6) is 0.184. The summed E-state index contributed by atoms with van der Waals surface area (Å²) in [5.41, 5.74) is 0. The fourth-order valence-corrected chi connectivity index (χ4v) is 2.02. The van der Waals surface area contributed by atoms with Crippen LogP contribution in [0.5, 0.6) is 0 Å². The van der Waals surface area contributed by atoms with E-state index in [0.29, 0.717) is 6.42 Å². The monoisotopic (exact) mass is 287 g/mol. The molecule has 0 saturated heterocycles. The van der Waals surface area contributed by atoms with Crippen LogP contribution in [0.3, 0.4) is 0 Å². The molecule has 0 heterocycles. The van der Waals surface area contributed by atoms with E-state index >= 15 is 0 Å². The van der Waals surface area contributed by atoms with Crippen molar-refractivity contribution in [3.8, 4) is 0 Å². The Morgan fingerprint density at radius 1 is 1.12 bits per heavy atom. The summed E-state index contributed by atoms with van der Waals surface area (Å²) < 4.78 is 0. The van der Waals surface area contributed by atoms with E-state index in [4.69, 9.17) is 15.3 Å². The summed E-state index contributed by atoms with van der Waals surface area (Å²) in [6.45, 7) is 0. The number of carboxylic acids is 1. The smallest absolute Gasteiger partial charge is 0.857 e. The summed E-state index contributed by atoms with van der Waals surface area (Å²) >= 11 is 0. The minimum absolute atomic E-state index is 0. The molecule has 1 N–H and O–H groups in total. The normalized spacial score (nSPS) is 14.4. The number of carboxylic acid groups (broad SMARTS) is 1. The molecule has 0 spiro atoms. The number of aliphatic carboxylic acids is 1. The molecule has 0 aromatic rings. The van der Waals surface area contributed by atoms with Gasteiger partial charge >= 0.3 is 23.0 Å². The van der Waals surface area contributed by atoms with Gasteiger partial charge in [-0.25, -0.2) is 0 Å². The van der Waals surface area contributed by atoms with Gasteiger partial charge in [0.1, 0.15) is 0 Å². The van der Waals surface area contributed by atoms with E-state index < -0.39 is 5.97 Å². The number of rotatable bonds is 4. The molecular weight excluding hydrogens is 263 g/mol. The minimum Gasteiger partial charge on any atom is -0.857 e. The van der Waals surface area contributed by atoms with Crippen molar-refractivity contribution < 1.29 is 37.2 Å². The Kier molecular flexibility index (Phi) is 23.8. The summed E-state index contributed by atoms with van der Waals surface area (Å²) in [6.07, 6.45) is 9.13. The summed E-state index contributed by atoms with van der Waals surface area (Å²) in [6, 6.07) is 0. The van der Waals surface area contributed by atoms with Crippen molar-refractivity contribution in [1.82, 2.24) is 0 Å². The molecule has 1 saturated carbocycles. The van der Waals surface area contributed by atoms with E-state index in [1.165, 1.54) is 32.1 Å². The van der Waals surface area contributed by atoms with E-state index in [2.05, 4.69) is 0 Å². The predicted molar refractivity (Wildman–Crippen MR) is 59.9 cm³/mol. The van der Waals surface area contributed by atoms with Crippen molar-refractivity contribution >= 4 is 5.97 Å². The van der Waals surface area contributed by atoms with Gasteiger partial charge in [-0.2, -0.15) is 14.2 Å². The second-order valence-corrected chi connectivity index (χ2v) is 3.79. The van der Waals surface area contributed by atoms with Crippen molar-refractivity contribution in [2.75, 3.05) is 14.2 Å². The van der Waals surface area contributed by atoms with Crippen LogP contribution in [0.15, 0.2) is 0 Å². The molecule has 0 bridgehead atoms. The van der Waals surface area contributed by atoms with Gasteiger partial charge < -0.3 is 15.3 Å². The predicted octanol–water partition coefficient (Wildman–Crippen LogP) is 0.772. The van der Waals surface area contributed by atoms with Gasteiger partial charge in [-0.1, -0.05) is 32.1 Å². The van der Waals surface area contributed by atoms with Crippen LogP contribution in [0.4, 0.5) is 0 Å². The first-order chi connectivity index (χ1) is 7.79. The Morgan fingerprint density at radius 3 is 2.00 bits per heavy atom. The van der Waals surface area contributed by atoms with Crippen LogP contribution < -0.4 is 10.2 Å². The largest absolute Gasteiger partial charge is 2.00 e. The van der Waals surface area contributed by atoms with Crippen molar-refractivity contribution in [2.24, 2.45) is 5.92 Å². The third-order valence-electron chi connectivity index (χ3n) is 2.73. The van der Waals surface area contributed by atoms with Gasteiger partial charge in [-0.05, 0) is 18.8 Å². The molecule has 0 unspecified atom stereocenters. The molecule has 5 heteroatoms. The third kappa shape index (κ3) is 15.9. The minimum atomic E-state index is -0.647. The Balaban J connectivity index is -0.000000355. The summed E-state index contributed by atoms with van der Waals surface area (Å²) in [7, 11) is 1.50. The Bertz CT molecular complexity index is 147. The standard InChI is InChI=1S/C10H18O2.2CH3O.Mn/c11-10(12)8-4-7-9-5-2-1-3-6-9;2*1-2;/h9H,1-8H2,(H,11,12);2*1H3;/q;2*-1;+2. The maximum atomic E-state index is 10.2. The van der Waals surface area contributed by atoms with Crippen LogP contribution >= 0.6 is 0 Å². The van der Waals surface area contributed by atoms with Crippen molar-refractivity contribution in [3.05, 3.63) is 0 Å². The van der Waals surface area contributed by atoms with Gasteiger partial charge in [0.2, 0.25) is 0 Å². The summed E-state index contributed by atoms with van der Waals surface area (Å²) in [4.78, 5) is 10.2. The van der Waals surface area contributed by atoms with Gasteiger partial charge in [0.05, 0.1) is 0 Å². The van der Waals surface area contributed by atoms with E-state index in [9.17, 15) is 4.79 Å². The van der Waals surface area contributed by atoms with Crippen molar-refractivity contribution in [3.63, 3.8) is 0 Å². The van der Waals surface area contributed by atoms with Crippen LogP contribution in [0.2, 0.25) is 0 Å². The first kappa shape index (κ1) is 22.1. The molecule has 4 nitrogen and oxygen atoms in total. The first-order valence-corrected chi connectivity index (χ1v) is 5.82. The summed E-state index contributed by atoms with van der Waals surface area (Å²) in [5, 5.41) is 24.9. The second kappa shape index (κ2) is 18.3. The van der Waals surface area contributed by atoms with E-state index in [-0.39, 0.29) is 17.1 Å². The quantitative estimate of drug-likeness (QED) is 0.774. The molecule has 0 aliphatic heterocycles. The van der Waals surface area contributed by atoms with Crippen LogP contribution in [-0.4, -0.2) is 25.3 Å². The molecule has 103 valence electrons. The molecule has 0 aromatic heterocycles. The Morgan fingerprint density at radius 2 is 1.59 bits per heavy atom. The molecule has 0 atom stereocenters. The number of hydrogen-bond donors (Lipinski definition) is 1. The fourth-order valence-electron chi connectivity index (χ4n) is 2.02. The third-order valence-corrected chi connectivity index (χ3v) is 2.73. The van der Waals surface area contributed by atoms with E-state index in [1.807, 2.05) is 0 Å². The number of hydrogen-bond acceptors (Lipinski definition) is 3. The average Bonchev–Trinajstić information content (AvgIpc) is 2.35. The van der Waals surface area contributed by atoms with Crippen LogP contribution in [0.25, 0.3) is 0 Å². The molecule has 0 aromatic carbocycles. The first-order valence-electron chi connectivity index (χ1n) is 5.82. The average molecular weight is 287 g/mol. The topological polar surface area (TPSA) is 83.4 Å². The maximum Gasteiger partial charge on any atom is 2.00 e. The zero-order valence-electron chi connectivity index (χ0n) is 10.8. The molecule has 0 amide bonds. The van der Waals surface area contributed by atoms with Crippen LogP contribution in [0, 0.1) is 5.92 Å².